The van der Waals surface area contributed by atoms with Crippen molar-refractivity contribution in [2.24, 2.45) is 0 Å². The molecule has 0 spiro atoms. The van der Waals surface area contributed by atoms with Crippen LogP contribution in [0.15, 0.2) is 48.5 Å². The second kappa shape index (κ2) is 9.56. The van der Waals surface area contributed by atoms with Crippen molar-refractivity contribution in [2.45, 2.75) is 38.6 Å². The van der Waals surface area contributed by atoms with E-state index in [-0.39, 0.29) is 11.9 Å². The number of aryl methyl sites for hydroxylation is 2. The number of hydrogen-bond donors (Lipinski definition) is 1. The van der Waals surface area contributed by atoms with Gasteiger partial charge in [-0.25, -0.2) is 0 Å². The lowest BCUT2D eigenvalue weighted by molar-refractivity contribution is -0.121. The third-order valence-corrected chi connectivity index (χ3v) is 5.34. The Balaban J connectivity index is 1.54. The number of rotatable bonds is 8. The number of nitrogens with one attached hydrogen (secondary N) is 1. The van der Waals surface area contributed by atoms with Crippen LogP contribution in [0.25, 0.3) is 0 Å². The van der Waals surface area contributed by atoms with E-state index in [0.717, 1.165) is 30.8 Å². The highest BCUT2D eigenvalue weighted by Crippen LogP contribution is 2.25. The van der Waals surface area contributed by atoms with E-state index >= 15 is 0 Å². The summed E-state index contributed by atoms with van der Waals surface area (Å²) in [6.07, 6.45) is 3.74. The van der Waals surface area contributed by atoms with Crippen LogP contribution in [0.4, 0.5) is 0 Å². The fourth-order valence-corrected chi connectivity index (χ4v) is 3.65. The Morgan fingerprint density at radius 2 is 1.74 bits per heavy atom. The fraction of sp³-hybridized carbons (Fsp3) is 0.435. The molecule has 1 aliphatic rings. The molecular formula is C23H30N2O2. The molecule has 1 heterocycles. The van der Waals surface area contributed by atoms with Crippen molar-refractivity contribution in [3.63, 3.8) is 0 Å². The molecule has 1 aliphatic heterocycles. The van der Waals surface area contributed by atoms with Gasteiger partial charge < -0.3 is 10.1 Å². The number of amides is 1. The van der Waals surface area contributed by atoms with Gasteiger partial charge in [-0.3, -0.25) is 9.69 Å². The van der Waals surface area contributed by atoms with E-state index < -0.39 is 0 Å². The Labute approximate surface area is 162 Å². The Morgan fingerprint density at radius 3 is 2.37 bits per heavy atom. The molecule has 1 amide bonds. The summed E-state index contributed by atoms with van der Waals surface area (Å²) in [6.45, 7) is 5.00. The molecule has 1 atom stereocenters. The highest BCUT2D eigenvalue weighted by atomic mass is 16.5. The number of carbonyl (C=O) groups excluding carboxylic acids is 1. The van der Waals surface area contributed by atoms with E-state index in [1.807, 2.05) is 24.3 Å². The number of likely N-dealkylation sites (tertiary alicyclic amines) is 1. The quantitative estimate of drug-likeness (QED) is 0.771. The lowest BCUT2D eigenvalue weighted by Crippen LogP contribution is -2.36. The lowest BCUT2D eigenvalue weighted by atomic mass is 10.0. The lowest BCUT2D eigenvalue weighted by Gasteiger charge is -2.28. The first-order chi connectivity index (χ1) is 13.2. The van der Waals surface area contributed by atoms with Crippen LogP contribution in [0.2, 0.25) is 0 Å². The van der Waals surface area contributed by atoms with Crippen molar-refractivity contribution < 1.29 is 9.53 Å². The molecule has 144 valence electrons. The Morgan fingerprint density at radius 1 is 1.07 bits per heavy atom. The van der Waals surface area contributed by atoms with E-state index in [0.29, 0.717) is 13.0 Å². The topological polar surface area (TPSA) is 41.6 Å². The van der Waals surface area contributed by atoms with Gasteiger partial charge in [0.2, 0.25) is 5.91 Å². The van der Waals surface area contributed by atoms with Crippen LogP contribution < -0.4 is 10.1 Å². The summed E-state index contributed by atoms with van der Waals surface area (Å²) in [5.74, 6) is 0.955. The first kappa shape index (κ1) is 19.4. The van der Waals surface area contributed by atoms with Crippen molar-refractivity contribution in [2.75, 3.05) is 26.7 Å². The largest absolute Gasteiger partial charge is 0.497 e. The fourth-order valence-electron chi connectivity index (χ4n) is 3.65. The maximum atomic E-state index is 12.4. The van der Waals surface area contributed by atoms with Crippen molar-refractivity contribution in [1.29, 1.82) is 0 Å². The zero-order valence-corrected chi connectivity index (χ0v) is 16.4. The molecule has 1 N–H and O–H groups in total. The van der Waals surface area contributed by atoms with Crippen molar-refractivity contribution in [3.8, 4) is 5.75 Å². The van der Waals surface area contributed by atoms with Crippen LogP contribution in [0.1, 0.15) is 42.0 Å². The molecule has 27 heavy (non-hydrogen) atoms. The van der Waals surface area contributed by atoms with Crippen molar-refractivity contribution in [3.05, 3.63) is 65.2 Å². The minimum absolute atomic E-state index is 0.113. The number of ether oxygens (including phenoxy) is 1. The zero-order chi connectivity index (χ0) is 19.1. The maximum absolute atomic E-state index is 12.4. The van der Waals surface area contributed by atoms with Gasteiger partial charge in [-0.15, -0.1) is 0 Å². The van der Waals surface area contributed by atoms with E-state index in [1.54, 1.807) is 7.11 Å². The molecule has 0 aliphatic carbocycles. The highest BCUT2D eigenvalue weighted by Gasteiger charge is 2.23. The molecule has 0 radical (unpaired) electrons. The molecule has 0 saturated carbocycles. The molecule has 2 aromatic rings. The van der Waals surface area contributed by atoms with Crippen molar-refractivity contribution >= 4 is 5.91 Å². The molecule has 3 rings (SSSR count). The van der Waals surface area contributed by atoms with Crippen LogP contribution in [-0.2, 0) is 11.2 Å². The molecule has 0 bridgehead atoms. The Kier molecular flexibility index (Phi) is 6.88. The van der Waals surface area contributed by atoms with Gasteiger partial charge in [-0.1, -0.05) is 42.0 Å². The van der Waals surface area contributed by atoms with E-state index in [4.69, 9.17) is 4.74 Å². The molecule has 1 saturated heterocycles. The average molecular weight is 367 g/mol. The summed E-state index contributed by atoms with van der Waals surface area (Å²) in [5, 5.41) is 3.16. The average Bonchev–Trinajstić information content (AvgIpc) is 3.23. The summed E-state index contributed by atoms with van der Waals surface area (Å²) >= 11 is 0. The smallest absolute Gasteiger partial charge is 0.220 e. The first-order valence-corrected chi connectivity index (χ1v) is 9.86. The summed E-state index contributed by atoms with van der Waals surface area (Å²) in [6, 6.07) is 16.9. The minimum atomic E-state index is 0.113. The van der Waals surface area contributed by atoms with Crippen LogP contribution >= 0.6 is 0 Å². The molecule has 1 fully saturated rings. The summed E-state index contributed by atoms with van der Waals surface area (Å²) in [5.41, 5.74) is 3.71. The second-order valence-corrected chi connectivity index (χ2v) is 7.32. The van der Waals surface area contributed by atoms with Gasteiger partial charge in [0, 0.05) is 13.0 Å². The highest BCUT2D eigenvalue weighted by molar-refractivity contribution is 5.76. The van der Waals surface area contributed by atoms with E-state index in [9.17, 15) is 4.79 Å². The number of nitrogens with zero attached hydrogens (tertiary/aromatic N) is 1. The first-order valence-electron chi connectivity index (χ1n) is 9.86. The number of benzene rings is 2. The predicted molar refractivity (Wildman–Crippen MR) is 109 cm³/mol. The van der Waals surface area contributed by atoms with Gasteiger partial charge in [0.1, 0.15) is 5.75 Å². The SMILES string of the molecule is COc1ccc(CCC(=O)NCC(c2ccc(C)cc2)N2CCCC2)cc1. The second-order valence-electron chi connectivity index (χ2n) is 7.32. The van der Waals surface area contributed by atoms with E-state index in [1.165, 1.54) is 24.0 Å². The van der Waals surface area contributed by atoms with Gasteiger partial charge in [-0.05, 0) is 62.5 Å². The van der Waals surface area contributed by atoms with E-state index in [2.05, 4.69) is 41.4 Å². The van der Waals surface area contributed by atoms with Crippen LogP contribution in [0.5, 0.6) is 5.75 Å². The predicted octanol–water partition coefficient (Wildman–Crippen LogP) is 3.89. The molecule has 2 aromatic carbocycles. The third kappa shape index (κ3) is 5.57. The van der Waals surface area contributed by atoms with Gasteiger partial charge in [0.15, 0.2) is 0 Å². The number of methoxy groups -OCH3 is 1. The van der Waals surface area contributed by atoms with Gasteiger partial charge >= 0.3 is 0 Å². The Bertz CT molecular complexity index is 719. The molecular weight excluding hydrogens is 336 g/mol. The normalized spacial score (nSPS) is 15.5. The van der Waals surface area contributed by atoms with Gasteiger partial charge in [0.05, 0.1) is 13.2 Å². The molecule has 4 nitrogen and oxygen atoms in total. The zero-order valence-electron chi connectivity index (χ0n) is 16.4. The molecule has 1 unspecified atom stereocenters. The number of carbonyl (C=O) groups is 1. The monoisotopic (exact) mass is 366 g/mol. The standard InChI is InChI=1S/C23H30N2O2/c1-18-5-10-20(11-6-18)22(25-15-3-4-16-25)17-24-23(26)14-9-19-7-12-21(27-2)13-8-19/h5-8,10-13,22H,3-4,9,14-17H2,1-2H3,(H,24,26). The summed E-state index contributed by atoms with van der Waals surface area (Å²) in [4.78, 5) is 14.9. The van der Waals surface area contributed by atoms with Gasteiger partial charge in [0.25, 0.3) is 0 Å². The molecule has 0 aromatic heterocycles. The minimum Gasteiger partial charge on any atom is -0.497 e. The maximum Gasteiger partial charge on any atom is 0.220 e. The Hall–Kier alpha value is -2.33. The van der Waals surface area contributed by atoms with Crippen LogP contribution in [-0.4, -0.2) is 37.6 Å². The van der Waals surface area contributed by atoms with Crippen LogP contribution in [0.3, 0.4) is 0 Å². The molecule has 4 heteroatoms. The van der Waals surface area contributed by atoms with Crippen molar-refractivity contribution in [1.82, 2.24) is 10.2 Å². The third-order valence-electron chi connectivity index (χ3n) is 5.34. The summed E-state index contributed by atoms with van der Waals surface area (Å²) in [7, 11) is 1.66. The number of hydrogen-bond acceptors (Lipinski definition) is 3. The van der Waals surface area contributed by atoms with Crippen LogP contribution in [0, 0.1) is 6.92 Å². The van der Waals surface area contributed by atoms with Gasteiger partial charge in [-0.2, -0.15) is 0 Å². The summed E-state index contributed by atoms with van der Waals surface area (Å²) < 4.78 is 5.17.